The molecule has 178 valence electrons. The van der Waals surface area contributed by atoms with Gasteiger partial charge in [0.25, 0.3) is 0 Å². The van der Waals surface area contributed by atoms with Gasteiger partial charge in [-0.05, 0) is 44.8 Å². The van der Waals surface area contributed by atoms with Gasteiger partial charge in [0, 0.05) is 56.5 Å². The summed E-state index contributed by atoms with van der Waals surface area (Å²) in [5.41, 5.74) is 0.895. The molecule has 1 aliphatic heterocycles. The molecule has 1 aromatic heterocycles. The molecule has 0 aliphatic carbocycles. The summed E-state index contributed by atoms with van der Waals surface area (Å²) in [5.74, 6) is 1.88. The Bertz CT molecular complexity index is 795. The standard InChI is InChI=1S/C22H35ClN8.ClH/c1-4-5-6-11-24-20-26-21(25-19-9-7-18(23)8-10-19)28-22(27-20)31-16-14-30(15-17-31)13-12-29(2)3;/h7-10H,4-6,11-17H2,1-3H3,(H2,24,25,26,27,28);1H. The number of likely N-dealkylation sites (N-methyl/N-ethyl adjacent to an activating group) is 1. The molecular formula is C22H36Cl2N8. The van der Waals surface area contributed by atoms with Crippen molar-refractivity contribution >= 4 is 47.5 Å². The highest BCUT2D eigenvalue weighted by atomic mass is 35.5. The molecule has 0 unspecified atom stereocenters. The molecule has 1 aliphatic rings. The van der Waals surface area contributed by atoms with E-state index in [0.29, 0.717) is 16.9 Å². The van der Waals surface area contributed by atoms with Crippen molar-refractivity contribution in [1.29, 1.82) is 0 Å². The fraction of sp³-hybridized carbons (Fsp3) is 0.591. The van der Waals surface area contributed by atoms with Crippen LogP contribution in [0.5, 0.6) is 0 Å². The van der Waals surface area contributed by atoms with Gasteiger partial charge in [0.05, 0.1) is 0 Å². The maximum absolute atomic E-state index is 6.01. The fourth-order valence-electron chi connectivity index (χ4n) is 3.39. The largest absolute Gasteiger partial charge is 0.354 e. The van der Waals surface area contributed by atoms with Crippen LogP contribution < -0.4 is 15.5 Å². The molecule has 2 N–H and O–H groups in total. The lowest BCUT2D eigenvalue weighted by Gasteiger charge is -2.35. The lowest BCUT2D eigenvalue weighted by Crippen LogP contribution is -2.48. The van der Waals surface area contributed by atoms with Gasteiger partial charge >= 0.3 is 0 Å². The van der Waals surface area contributed by atoms with Gasteiger partial charge in [-0.1, -0.05) is 31.4 Å². The molecular weight excluding hydrogens is 447 g/mol. The molecule has 1 saturated heterocycles. The second-order valence-corrected chi connectivity index (χ2v) is 8.62. The van der Waals surface area contributed by atoms with Gasteiger partial charge in [-0.3, -0.25) is 4.90 Å². The molecule has 0 atom stereocenters. The third kappa shape index (κ3) is 8.58. The Balaban J connectivity index is 0.00000363. The van der Waals surface area contributed by atoms with Crippen LogP contribution >= 0.6 is 24.0 Å². The number of nitrogens with one attached hydrogen (secondary N) is 2. The normalized spacial score (nSPS) is 14.3. The van der Waals surface area contributed by atoms with Crippen LogP contribution in [0.2, 0.25) is 5.02 Å². The highest BCUT2D eigenvalue weighted by Crippen LogP contribution is 2.20. The topological polar surface area (TPSA) is 72.5 Å². The van der Waals surface area contributed by atoms with Crippen LogP contribution in [-0.4, -0.2) is 84.7 Å². The van der Waals surface area contributed by atoms with E-state index >= 15 is 0 Å². The van der Waals surface area contributed by atoms with E-state index in [1.165, 1.54) is 12.8 Å². The Labute approximate surface area is 203 Å². The smallest absolute Gasteiger partial charge is 0.233 e. The third-order valence-corrected chi connectivity index (χ3v) is 5.56. The van der Waals surface area contributed by atoms with Crippen molar-refractivity contribution in [3.8, 4) is 0 Å². The lowest BCUT2D eigenvalue weighted by molar-refractivity contribution is 0.228. The second-order valence-electron chi connectivity index (χ2n) is 8.18. The molecule has 0 radical (unpaired) electrons. The molecule has 1 aromatic carbocycles. The Morgan fingerprint density at radius 1 is 0.969 bits per heavy atom. The average molecular weight is 483 g/mol. The zero-order valence-electron chi connectivity index (χ0n) is 19.3. The van der Waals surface area contributed by atoms with Crippen molar-refractivity contribution in [3.63, 3.8) is 0 Å². The summed E-state index contributed by atoms with van der Waals surface area (Å²) in [6.45, 7) is 9.07. The van der Waals surface area contributed by atoms with Crippen molar-refractivity contribution in [1.82, 2.24) is 24.8 Å². The molecule has 0 bridgehead atoms. The molecule has 3 rings (SSSR count). The van der Waals surface area contributed by atoms with E-state index in [9.17, 15) is 0 Å². The van der Waals surface area contributed by atoms with E-state index in [1.54, 1.807) is 0 Å². The van der Waals surface area contributed by atoms with Crippen LogP contribution in [0.3, 0.4) is 0 Å². The molecule has 0 amide bonds. The Morgan fingerprint density at radius 2 is 1.66 bits per heavy atom. The highest BCUT2D eigenvalue weighted by Gasteiger charge is 2.20. The number of rotatable bonds is 11. The van der Waals surface area contributed by atoms with Crippen LogP contribution in [0.25, 0.3) is 0 Å². The Morgan fingerprint density at radius 3 is 2.31 bits per heavy atom. The second kappa shape index (κ2) is 13.6. The van der Waals surface area contributed by atoms with Gasteiger partial charge in [0.1, 0.15) is 0 Å². The summed E-state index contributed by atoms with van der Waals surface area (Å²) >= 11 is 6.01. The Hall–Kier alpha value is -1.87. The number of halogens is 2. The number of nitrogens with zero attached hydrogens (tertiary/aromatic N) is 6. The van der Waals surface area contributed by atoms with E-state index in [2.05, 4.69) is 51.3 Å². The van der Waals surface area contributed by atoms with Crippen LogP contribution in [0, 0.1) is 0 Å². The van der Waals surface area contributed by atoms with E-state index in [-0.39, 0.29) is 12.4 Å². The summed E-state index contributed by atoms with van der Waals surface area (Å²) in [5, 5.41) is 7.36. The molecule has 8 nitrogen and oxygen atoms in total. The number of aromatic nitrogens is 3. The predicted octanol–water partition coefficient (Wildman–Crippen LogP) is 3.98. The van der Waals surface area contributed by atoms with Gasteiger partial charge in [-0.2, -0.15) is 15.0 Å². The van der Waals surface area contributed by atoms with Crippen molar-refractivity contribution < 1.29 is 0 Å². The quantitative estimate of drug-likeness (QED) is 0.465. The molecule has 0 saturated carbocycles. The average Bonchev–Trinajstić information content (AvgIpc) is 2.77. The molecule has 2 heterocycles. The number of piperazine rings is 1. The SMILES string of the molecule is CCCCCNc1nc(Nc2ccc(Cl)cc2)nc(N2CCN(CCN(C)C)CC2)n1.Cl. The van der Waals surface area contributed by atoms with Crippen LogP contribution in [0.15, 0.2) is 24.3 Å². The van der Waals surface area contributed by atoms with Gasteiger partial charge in [-0.25, -0.2) is 0 Å². The third-order valence-electron chi connectivity index (χ3n) is 5.31. The van der Waals surface area contributed by atoms with Crippen molar-refractivity contribution in [2.45, 2.75) is 26.2 Å². The zero-order valence-corrected chi connectivity index (χ0v) is 20.9. The summed E-state index contributed by atoms with van der Waals surface area (Å²) < 4.78 is 0. The molecule has 1 fully saturated rings. The van der Waals surface area contributed by atoms with Gasteiger partial charge < -0.3 is 20.4 Å². The van der Waals surface area contributed by atoms with Crippen LogP contribution in [0.4, 0.5) is 23.5 Å². The van der Waals surface area contributed by atoms with Gasteiger partial charge in [-0.15, -0.1) is 12.4 Å². The number of hydrogen-bond acceptors (Lipinski definition) is 8. The number of benzene rings is 1. The minimum absolute atomic E-state index is 0. The number of unbranched alkanes of at least 4 members (excludes halogenated alkanes) is 2. The van der Waals surface area contributed by atoms with Gasteiger partial charge in [0.15, 0.2) is 0 Å². The van der Waals surface area contributed by atoms with Crippen molar-refractivity contribution in [2.24, 2.45) is 0 Å². The first-order chi connectivity index (χ1) is 15.0. The Kier molecular flexibility index (Phi) is 11.2. The maximum Gasteiger partial charge on any atom is 0.233 e. The number of hydrogen-bond donors (Lipinski definition) is 2. The lowest BCUT2D eigenvalue weighted by atomic mass is 10.2. The van der Waals surface area contributed by atoms with Crippen LogP contribution in [0.1, 0.15) is 26.2 Å². The molecule has 10 heteroatoms. The summed E-state index contributed by atoms with van der Waals surface area (Å²) in [7, 11) is 4.23. The minimum atomic E-state index is 0. The first-order valence-electron chi connectivity index (χ1n) is 11.2. The van der Waals surface area contributed by atoms with Crippen LogP contribution in [-0.2, 0) is 0 Å². The minimum Gasteiger partial charge on any atom is -0.354 e. The fourth-order valence-corrected chi connectivity index (χ4v) is 3.52. The highest BCUT2D eigenvalue weighted by molar-refractivity contribution is 6.30. The summed E-state index contributed by atoms with van der Waals surface area (Å²) in [6.07, 6.45) is 3.48. The predicted molar refractivity (Wildman–Crippen MR) is 137 cm³/mol. The van der Waals surface area contributed by atoms with Gasteiger partial charge in [0.2, 0.25) is 17.8 Å². The molecule has 0 spiro atoms. The summed E-state index contributed by atoms with van der Waals surface area (Å²) in [4.78, 5) is 21.0. The van der Waals surface area contributed by atoms with Crippen molar-refractivity contribution in [3.05, 3.63) is 29.3 Å². The molecule has 2 aromatic rings. The van der Waals surface area contributed by atoms with E-state index in [4.69, 9.17) is 21.6 Å². The maximum atomic E-state index is 6.01. The zero-order chi connectivity index (χ0) is 22.1. The summed E-state index contributed by atoms with van der Waals surface area (Å²) in [6, 6.07) is 7.54. The monoisotopic (exact) mass is 482 g/mol. The molecule has 32 heavy (non-hydrogen) atoms. The van der Waals surface area contributed by atoms with Crippen molar-refractivity contribution in [2.75, 3.05) is 75.4 Å². The first kappa shape index (κ1) is 26.4. The van der Waals surface area contributed by atoms with E-state index in [1.807, 2.05) is 24.3 Å². The van der Waals surface area contributed by atoms with E-state index < -0.39 is 0 Å². The first-order valence-corrected chi connectivity index (χ1v) is 11.6. The van der Waals surface area contributed by atoms with E-state index in [0.717, 1.165) is 63.9 Å². The number of anilines is 4.